The highest BCUT2D eigenvalue weighted by molar-refractivity contribution is 7.93. The maximum absolute atomic E-state index is 11.7. The second-order valence-electron chi connectivity index (χ2n) is 3.99. The zero-order valence-electron chi connectivity index (χ0n) is 10.2. The van der Waals surface area contributed by atoms with Gasteiger partial charge in [0.1, 0.15) is 0 Å². The highest BCUT2D eigenvalue weighted by Gasteiger charge is 2.21. The number of nitrogens with one attached hydrogen (secondary N) is 1. The molecule has 0 aliphatic rings. The van der Waals surface area contributed by atoms with E-state index in [-0.39, 0.29) is 5.69 Å². The van der Waals surface area contributed by atoms with Crippen molar-refractivity contribution in [1.82, 2.24) is 0 Å². The number of carbonyl (C=O) groups is 1. The summed E-state index contributed by atoms with van der Waals surface area (Å²) in [5, 5.41) is 18.7. The van der Waals surface area contributed by atoms with Gasteiger partial charge < -0.3 is 5.11 Å². The minimum absolute atomic E-state index is 0.202. The molecule has 0 unspecified atom stereocenters. The van der Waals surface area contributed by atoms with E-state index in [0.29, 0.717) is 0 Å². The molecule has 0 aliphatic carbocycles. The van der Waals surface area contributed by atoms with Gasteiger partial charge in [0.05, 0.1) is 21.4 Å². The number of carboxylic acids is 1. The van der Waals surface area contributed by atoms with Crippen LogP contribution < -0.4 is 4.72 Å². The molecule has 8 nitrogen and oxygen atoms in total. The molecule has 0 radical (unpaired) electrons. The molecule has 0 aliphatic heterocycles. The van der Waals surface area contributed by atoms with Gasteiger partial charge in [-0.2, -0.15) is 0 Å². The molecule has 0 saturated heterocycles. The van der Waals surface area contributed by atoms with Gasteiger partial charge in [0.25, 0.3) is 5.69 Å². The average Bonchev–Trinajstić information content (AvgIpc) is 2.28. The van der Waals surface area contributed by atoms with E-state index in [1.54, 1.807) is 0 Å². The van der Waals surface area contributed by atoms with E-state index in [0.717, 1.165) is 18.2 Å². The number of anilines is 1. The Hall–Kier alpha value is -2.16. The van der Waals surface area contributed by atoms with Crippen molar-refractivity contribution in [2.24, 2.45) is 0 Å². The van der Waals surface area contributed by atoms with Crippen molar-refractivity contribution >= 4 is 27.4 Å². The summed E-state index contributed by atoms with van der Waals surface area (Å²) in [7, 11) is -3.72. The smallest absolute Gasteiger partial charge is 0.338 e. The number of sulfonamides is 1. The number of benzene rings is 1. The van der Waals surface area contributed by atoms with Crippen LogP contribution in [0.25, 0.3) is 0 Å². The Morgan fingerprint density at radius 1 is 1.42 bits per heavy atom. The molecule has 104 valence electrons. The molecular formula is C10H12N2O6S. The lowest BCUT2D eigenvalue weighted by Gasteiger charge is -2.12. The lowest BCUT2D eigenvalue weighted by atomic mass is 10.1. The fourth-order valence-corrected chi connectivity index (χ4v) is 1.90. The molecule has 0 bridgehead atoms. The quantitative estimate of drug-likeness (QED) is 0.623. The van der Waals surface area contributed by atoms with Gasteiger partial charge in [0, 0.05) is 12.1 Å². The number of nitro groups is 1. The molecule has 0 amide bonds. The lowest BCUT2D eigenvalue weighted by Crippen LogP contribution is -2.23. The minimum atomic E-state index is -3.72. The molecule has 19 heavy (non-hydrogen) atoms. The van der Waals surface area contributed by atoms with E-state index in [9.17, 15) is 23.3 Å². The molecule has 0 saturated carbocycles. The molecule has 0 atom stereocenters. The van der Waals surface area contributed by atoms with Crippen molar-refractivity contribution in [2.75, 3.05) is 4.72 Å². The molecule has 1 aromatic carbocycles. The van der Waals surface area contributed by atoms with Crippen LogP contribution in [0, 0.1) is 10.1 Å². The van der Waals surface area contributed by atoms with E-state index in [2.05, 4.69) is 4.72 Å². The zero-order valence-corrected chi connectivity index (χ0v) is 11.0. The number of nitro benzene ring substituents is 1. The second-order valence-corrected chi connectivity index (χ2v) is 6.22. The predicted octanol–water partition coefficient (Wildman–Crippen LogP) is 1.44. The molecule has 0 aromatic heterocycles. The fraction of sp³-hybridized carbons (Fsp3) is 0.300. The van der Waals surface area contributed by atoms with Gasteiger partial charge in [-0.25, -0.2) is 13.2 Å². The Kier molecular flexibility index (Phi) is 4.10. The van der Waals surface area contributed by atoms with Crippen molar-refractivity contribution in [2.45, 2.75) is 19.1 Å². The van der Waals surface area contributed by atoms with Crippen LogP contribution >= 0.6 is 0 Å². The SMILES string of the molecule is CC(C)S(=O)(=O)Nc1ccc([N+](=O)[O-])cc1C(=O)O. The monoisotopic (exact) mass is 288 g/mol. The van der Waals surface area contributed by atoms with Gasteiger partial charge in [-0.15, -0.1) is 0 Å². The number of hydrogen-bond acceptors (Lipinski definition) is 5. The number of carboxylic acid groups (broad SMARTS) is 1. The summed E-state index contributed by atoms with van der Waals surface area (Å²) >= 11 is 0. The Bertz CT molecular complexity index is 623. The topological polar surface area (TPSA) is 127 Å². The molecule has 0 spiro atoms. The zero-order chi connectivity index (χ0) is 14.8. The summed E-state index contributed by atoms with van der Waals surface area (Å²) in [6, 6.07) is 2.90. The van der Waals surface area contributed by atoms with Crippen molar-refractivity contribution in [1.29, 1.82) is 0 Å². The van der Waals surface area contributed by atoms with Crippen LogP contribution in [-0.2, 0) is 10.0 Å². The third kappa shape index (κ3) is 3.41. The maximum atomic E-state index is 11.7. The van der Waals surface area contributed by atoms with Gasteiger partial charge in [-0.1, -0.05) is 0 Å². The van der Waals surface area contributed by atoms with Gasteiger partial charge in [-0.3, -0.25) is 14.8 Å². The molecule has 9 heteroatoms. The van der Waals surface area contributed by atoms with Crippen molar-refractivity contribution in [3.63, 3.8) is 0 Å². The molecular weight excluding hydrogens is 276 g/mol. The lowest BCUT2D eigenvalue weighted by molar-refractivity contribution is -0.384. The number of non-ortho nitro benzene ring substituents is 1. The van der Waals surface area contributed by atoms with Gasteiger partial charge in [-0.05, 0) is 19.9 Å². The Labute approximate surface area is 109 Å². The van der Waals surface area contributed by atoms with Gasteiger partial charge >= 0.3 is 5.97 Å². The van der Waals surface area contributed by atoms with Crippen LogP contribution in [0.2, 0.25) is 0 Å². The van der Waals surface area contributed by atoms with Crippen LogP contribution in [0.4, 0.5) is 11.4 Å². The normalized spacial score (nSPS) is 11.3. The first-order chi connectivity index (χ1) is 8.65. The minimum Gasteiger partial charge on any atom is -0.478 e. The largest absolute Gasteiger partial charge is 0.478 e. The van der Waals surface area contributed by atoms with Crippen molar-refractivity contribution < 1.29 is 23.2 Å². The van der Waals surface area contributed by atoms with Crippen molar-refractivity contribution in [3.8, 4) is 0 Å². The third-order valence-corrected chi connectivity index (χ3v) is 4.06. The van der Waals surface area contributed by atoms with Gasteiger partial charge in [0.15, 0.2) is 0 Å². The summed E-state index contributed by atoms with van der Waals surface area (Å²) in [6.07, 6.45) is 0. The van der Waals surface area contributed by atoms with E-state index in [4.69, 9.17) is 5.11 Å². The summed E-state index contributed by atoms with van der Waals surface area (Å²) in [5.41, 5.74) is -1.10. The standard InChI is InChI=1S/C10H12N2O6S/c1-6(2)19(17,18)11-9-4-3-7(12(15)16)5-8(9)10(13)14/h3-6,11H,1-2H3,(H,13,14). The van der Waals surface area contributed by atoms with Crippen LogP contribution in [0.1, 0.15) is 24.2 Å². The van der Waals surface area contributed by atoms with E-state index < -0.39 is 37.4 Å². The number of aromatic carboxylic acids is 1. The average molecular weight is 288 g/mol. The molecule has 0 fully saturated rings. The number of nitrogens with zero attached hydrogens (tertiary/aromatic N) is 1. The van der Waals surface area contributed by atoms with Crippen LogP contribution in [0.3, 0.4) is 0 Å². The molecule has 0 heterocycles. The Morgan fingerprint density at radius 3 is 2.42 bits per heavy atom. The number of hydrogen-bond donors (Lipinski definition) is 2. The third-order valence-electron chi connectivity index (χ3n) is 2.32. The first kappa shape index (κ1) is 14.9. The summed E-state index contributed by atoms with van der Waals surface area (Å²) in [5.74, 6) is -1.45. The van der Waals surface area contributed by atoms with Crippen LogP contribution in [0.15, 0.2) is 18.2 Å². The van der Waals surface area contributed by atoms with E-state index in [1.165, 1.54) is 13.8 Å². The first-order valence-corrected chi connectivity index (χ1v) is 6.73. The second kappa shape index (κ2) is 5.22. The summed E-state index contributed by atoms with van der Waals surface area (Å²) < 4.78 is 25.4. The predicted molar refractivity (Wildman–Crippen MR) is 67.7 cm³/mol. The summed E-state index contributed by atoms with van der Waals surface area (Å²) in [4.78, 5) is 20.8. The number of rotatable bonds is 5. The highest BCUT2D eigenvalue weighted by atomic mass is 32.2. The molecule has 1 aromatic rings. The highest BCUT2D eigenvalue weighted by Crippen LogP contribution is 2.23. The van der Waals surface area contributed by atoms with Gasteiger partial charge in [0.2, 0.25) is 10.0 Å². The summed E-state index contributed by atoms with van der Waals surface area (Å²) in [6.45, 7) is 2.85. The molecule has 2 N–H and O–H groups in total. The van der Waals surface area contributed by atoms with E-state index in [1.807, 2.05) is 0 Å². The van der Waals surface area contributed by atoms with Crippen LogP contribution in [-0.4, -0.2) is 29.7 Å². The van der Waals surface area contributed by atoms with Crippen LogP contribution in [0.5, 0.6) is 0 Å². The molecule has 1 rings (SSSR count). The Morgan fingerprint density at radius 2 is 2.00 bits per heavy atom. The fourth-order valence-electron chi connectivity index (χ4n) is 1.18. The van der Waals surface area contributed by atoms with E-state index >= 15 is 0 Å². The first-order valence-electron chi connectivity index (χ1n) is 5.18. The Balaban J connectivity index is 3.29. The maximum Gasteiger partial charge on any atom is 0.338 e. The van der Waals surface area contributed by atoms with Crippen molar-refractivity contribution in [3.05, 3.63) is 33.9 Å².